The largest absolute Gasteiger partial charge is 0.485 e. The molecule has 5 aromatic rings. The number of hydrogen-bond donors (Lipinski definition) is 1. The molecule has 0 saturated carbocycles. The first-order chi connectivity index (χ1) is 16.2. The van der Waals surface area contributed by atoms with Crippen LogP contribution < -0.4 is 10.2 Å². The van der Waals surface area contributed by atoms with Crippen LogP contribution in [0.4, 0.5) is 5.13 Å². The predicted octanol–water partition coefficient (Wildman–Crippen LogP) is 7.20. The second kappa shape index (κ2) is 8.22. The van der Waals surface area contributed by atoms with Crippen molar-refractivity contribution in [3.05, 3.63) is 101 Å². The van der Waals surface area contributed by atoms with E-state index in [0.29, 0.717) is 6.42 Å². The third-order valence-electron chi connectivity index (χ3n) is 5.73. The standard InChI is InChI=1S/C27H21N3O2S/c1-17-11-12-24-20(13-17)21(15-25(32-24)18-7-3-2-4-8-18)29-30-27-28-22(16-33-27)26-14-19-9-5-6-10-23(19)31-26/h2-14,16,25H,15H2,1H3,(H,28,30)/b29-21+. The van der Waals surface area contributed by atoms with E-state index in [2.05, 4.69) is 41.6 Å². The molecule has 2 aromatic heterocycles. The molecule has 0 amide bonds. The summed E-state index contributed by atoms with van der Waals surface area (Å²) in [5.41, 5.74) is 9.10. The summed E-state index contributed by atoms with van der Waals surface area (Å²) in [6.07, 6.45) is 0.597. The minimum atomic E-state index is -0.0793. The molecule has 1 aliphatic heterocycles. The average molecular weight is 452 g/mol. The minimum absolute atomic E-state index is 0.0793. The Morgan fingerprint density at radius 2 is 1.85 bits per heavy atom. The number of anilines is 1. The highest BCUT2D eigenvalue weighted by molar-refractivity contribution is 7.14. The molecule has 0 aliphatic carbocycles. The second-order valence-electron chi connectivity index (χ2n) is 8.08. The average Bonchev–Trinajstić information content (AvgIpc) is 3.50. The van der Waals surface area contributed by atoms with E-state index in [1.807, 2.05) is 60.0 Å². The summed E-state index contributed by atoms with van der Waals surface area (Å²) < 4.78 is 12.3. The maximum atomic E-state index is 6.31. The molecule has 6 heteroatoms. The molecule has 1 aliphatic rings. The van der Waals surface area contributed by atoms with Gasteiger partial charge in [0.15, 0.2) is 5.76 Å². The van der Waals surface area contributed by atoms with Crippen molar-refractivity contribution in [2.24, 2.45) is 5.10 Å². The van der Waals surface area contributed by atoms with Crippen LogP contribution in [-0.4, -0.2) is 10.7 Å². The van der Waals surface area contributed by atoms with E-state index in [9.17, 15) is 0 Å². The Morgan fingerprint density at radius 3 is 2.73 bits per heavy atom. The second-order valence-corrected chi connectivity index (χ2v) is 8.94. The van der Waals surface area contributed by atoms with Gasteiger partial charge in [0.1, 0.15) is 23.1 Å². The van der Waals surface area contributed by atoms with E-state index in [4.69, 9.17) is 14.3 Å². The number of para-hydroxylation sites is 1. The molecule has 0 fully saturated rings. The topological polar surface area (TPSA) is 59.7 Å². The number of hydrazone groups is 1. The lowest BCUT2D eigenvalue weighted by molar-refractivity contribution is 0.206. The van der Waals surface area contributed by atoms with Gasteiger partial charge < -0.3 is 9.15 Å². The van der Waals surface area contributed by atoms with Gasteiger partial charge in [0.05, 0.1) is 5.71 Å². The zero-order valence-electron chi connectivity index (χ0n) is 18.0. The Balaban J connectivity index is 1.29. The number of nitrogens with zero attached hydrogens (tertiary/aromatic N) is 2. The van der Waals surface area contributed by atoms with Gasteiger partial charge in [0.25, 0.3) is 0 Å². The first kappa shape index (κ1) is 19.8. The number of benzene rings is 3. The third kappa shape index (κ3) is 3.90. The zero-order chi connectivity index (χ0) is 22.2. The Labute approximate surface area is 195 Å². The monoisotopic (exact) mass is 451 g/mol. The van der Waals surface area contributed by atoms with Crippen LogP contribution in [0.1, 0.15) is 29.2 Å². The van der Waals surface area contributed by atoms with E-state index < -0.39 is 0 Å². The summed E-state index contributed by atoms with van der Waals surface area (Å²) >= 11 is 1.50. The summed E-state index contributed by atoms with van der Waals surface area (Å²) in [4.78, 5) is 4.69. The highest BCUT2D eigenvalue weighted by atomic mass is 32.1. The van der Waals surface area contributed by atoms with Gasteiger partial charge in [-0.2, -0.15) is 5.10 Å². The van der Waals surface area contributed by atoms with Crippen molar-refractivity contribution in [1.82, 2.24) is 4.98 Å². The zero-order valence-corrected chi connectivity index (χ0v) is 18.8. The normalized spacial score (nSPS) is 16.5. The highest BCUT2D eigenvalue weighted by Crippen LogP contribution is 2.36. The maximum absolute atomic E-state index is 6.31. The van der Waals surface area contributed by atoms with Crippen LogP contribution in [-0.2, 0) is 0 Å². The first-order valence-electron chi connectivity index (χ1n) is 10.8. The van der Waals surface area contributed by atoms with Gasteiger partial charge in [-0.3, -0.25) is 5.43 Å². The third-order valence-corrected chi connectivity index (χ3v) is 6.48. The molecule has 3 aromatic carbocycles. The van der Waals surface area contributed by atoms with Gasteiger partial charge in [0.2, 0.25) is 5.13 Å². The Morgan fingerprint density at radius 1 is 1.00 bits per heavy atom. The van der Waals surface area contributed by atoms with Crippen molar-refractivity contribution >= 4 is 33.1 Å². The number of aromatic nitrogens is 1. The molecule has 1 N–H and O–H groups in total. The number of hydrogen-bond acceptors (Lipinski definition) is 6. The van der Waals surface area contributed by atoms with Crippen LogP contribution in [0.5, 0.6) is 5.75 Å². The lowest BCUT2D eigenvalue weighted by Gasteiger charge is -2.27. The fraction of sp³-hybridized carbons (Fsp3) is 0.111. The lowest BCUT2D eigenvalue weighted by atomic mass is 9.94. The number of ether oxygens (including phenoxy) is 1. The van der Waals surface area contributed by atoms with Crippen LogP contribution >= 0.6 is 11.3 Å². The van der Waals surface area contributed by atoms with Gasteiger partial charge in [-0.05, 0) is 36.8 Å². The fourth-order valence-corrected chi connectivity index (χ4v) is 4.72. The Hall–Kier alpha value is -3.90. The van der Waals surface area contributed by atoms with Crippen molar-refractivity contribution < 1.29 is 9.15 Å². The highest BCUT2D eigenvalue weighted by Gasteiger charge is 2.26. The number of furan rings is 1. The maximum Gasteiger partial charge on any atom is 0.204 e. The molecular weight excluding hydrogens is 430 g/mol. The summed E-state index contributed by atoms with van der Waals surface area (Å²) in [6, 6.07) is 26.5. The molecule has 3 heterocycles. The molecule has 1 unspecified atom stereocenters. The van der Waals surface area contributed by atoms with Crippen molar-refractivity contribution in [2.75, 3.05) is 5.43 Å². The van der Waals surface area contributed by atoms with Gasteiger partial charge in [-0.25, -0.2) is 4.98 Å². The first-order valence-corrected chi connectivity index (χ1v) is 11.7. The van der Waals surface area contributed by atoms with Crippen LogP contribution in [0.25, 0.3) is 22.4 Å². The van der Waals surface area contributed by atoms with Crippen molar-refractivity contribution in [1.29, 1.82) is 0 Å². The van der Waals surface area contributed by atoms with Crippen LogP contribution in [0.2, 0.25) is 0 Å². The SMILES string of the molecule is Cc1ccc2c(c1)/C(=N/Nc1nc(-c3cc4ccccc4o3)cs1)CC(c1ccccc1)O2. The van der Waals surface area contributed by atoms with Crippen LogP contribution in [0, 0.1) is 6.92 Å². The molecule has 0 spiro atoms. The van der Waals surface area contributed by atoms with Crippen LogP contribution in [0.3, 0.4) is 0 Å². The number of thiazole rings is 1. The molecule has 0 bridgehead atoms. The predicted molar refractivity (Wildman–Crippen MR) is 133 cm³/mol. The molecule has 5 nitrogen and oxygen atoms in total. The number of fused-ring (bicyclic) bond motifs is 2. The van der Waals surface area contributed by atoms with E-state index in [1.54, 1.807) is 0 Å². The number of nitrogens with one attached hydrogen (secondary N) is 1. The molecular formula is C27H21N3O2S. The fourth-order valence-electron chi connectivity index (χ4n) is 4.07. The Kier molecular flexibility index (Phi) is 4.92. The van der Waals surface area contributed by atoms with Crippen LogP contribution in [0.15, 0.2) is 93.8 Å². The van der Waals surface area contributed by atoms with Crippen molar-refractivity contribution in [3.63, 3.8) is 0 Å². The number of rotatable bonds is 4. The molecule has 0 saturated heterocycles. The Bertz CT molecular complexity index is 1440. The van der Waals surface area contributed by atoms with Gasteiger partial charge in [-0.1, -0.05) is 60.2 Å². The molecule has 0 radical (unpaired) electrons. The summed E-state index contributed by atoms with van der Waals surface area (Å²) in [7, 11) is 0. The van der Waals surface area contributed by atoms with Gasteiger partial charge >= 0.3 is 0 Å². The number of aryl methyl sites for hydroxylation is 1. The van der Waals surface area contributed by atoms with Gasteiger partial charge in [-0.15, -0.1) is 11.3 Å². The lowest BCUT2D eigenvalue weighted by Crippen LogP contribution is -2.22. The van der Waals surface area contributed by atoms with E-state index in [0.717, 1.165) is 50.1 Å². The van der Waals surface area contributed by atoms with E-state index >= 15 is 0 Å². The minimum Gasteiger partial charge on any atom is -0.485 e. The van der Waals surface area contributed by atoms with Crippen molar-refractivity contribution in [2.45, 2.75) is 19.4 Å². The van der Waals surface area contributed by atoms with E-state index in [1.165, 1.54) is 16.9 Å². The van der Waals surface area contributed by atoms with E-state index in [-0.39, 0.29) is 6.10 Å². The summed E-state index contributed by atoms with van der Waals surface area (Å²) in [5.74, 6) is 1.60. The molecule has 162 valence electrons. The quantitative estimate of drug-likeness (QED) is 0.293. The summed E-state index contributed by atoms with van der Waals surface area (Å²) in [5, 5.41) is 8.53. The smallest absolute Gasteiger partial charge is 0.204 e. The summed E-state index contributed by atoms with van der Waals surface area (Å²) in [6.45, 7) is 2.08. The molecule has 33 heavy (non-hydrogen) atoms. The molecule has 6 rings (SSSR count). The van der Waals surface area contributed by atoms with Crippen molar-refractivity contribution in [3.8, 4) is 17.2 Å². The van der Waals surface area contributed by atoms with Gasteiger partial charge in [0, 0.05) is 22.8 Å². The molecule has 1 atom stereocenters.